The van der Waals surface area contributed by atoms with E-state index in [-0.39, 0.29) is 0 Å². The Labute approximate surface area is 153 Å². The van der Waals surface area contributed by atoms with E-state index < -0.39 is 0 Å². The monoisotopic (exact) mass is 420 g/mol. The van der Waals surface area contributed by atoms with Crippen LogP contribution in [0.5, 0.6) is 0 Å². The summed E-state index contributed by atoms with van der Waals surface area (Å²) in [6, 6.07) is 15.3. The molecule has 2 unspecified atom stereocenters. The van der Waals surface area contributed by atoms with Crippen molar-refractivity contribution in [2.75, 3.05) is 19.3 Å². The highest BCUT2D eigenvalue weighted by molar-refractivity contribution is 14.1. The van der Waals surface area contributed by atoms with Gasteiger partial charge < -0.3 is 11.1 Å². The van der Waals surface area contributed by atoms with Gasteiger partial charge in [-0.3, -0.25) is 0 Å². The highest BCUT2D eigenvalue weighted by Gasteiger charge is 2.25. The average molecular weight is 420 g/mol. The van der Waals surface area contributed by atoms with E-state index in [1.165, 1.54) is 45.9 Å². The maximum Gasteiger partial charge on any atom is 0.0452 e. The van der Waals surface area contributed by atoms with Crippen molar-refractivity contribution in [1.82, 2.24) is 5.32 Å². The van der Waals surface area contributed by atoms with Crippen molar-refractivity contribution in [2.45, 2.75) is 37.5 Å². The Bertz CT molecular complexity index is 654. The van der Waals surface area contributed by atoms with Gasteiger partial charge in [0.1, 0.15) is 0 Å². The summed E-state index contributed by atoms with van der Waals surface area (Å²) >= 11 is 2.42. The third kappa shape index (κ3) is 3.72. The molecular formula is C20H25IN2. The minimum absolute atomic E-state index is 0.562. The van der Waals surface area contributed by atoms with Gasteiger partial charge in [-0.1, -0.05) is 36.4 Å². The Hall–Kier alpha value is -1.07. The second-order valence-electron chi connectivity index (χ2n) is 6.53. The summed E-state index contributed by atoms with van der Waals surface area (Å²) in [6.45, 7) is 1.03. The standard InChI is InChI=1S/C20H25IN2/c1-23-13-16(14-6-3-2-4-7-14)12-15-8-5-9-18-17(15)10-11-19(22)20(18)21/h2-4,6-7,10-11,15-16,23H,5,8-9,12-13,22H2,1H3. The number of nitrogen functional groups attached to an aromatic ring is 1. The molecule has 0 aliphatic heterocycles. The topological polar surface area (TPSA) is 38.0 Å². The first-order valence-electron chi connectivity index (χ1n) is 8.47. The van der Waals surface area contributed by atoms with Gasteiger partial charge in [0.05, 0.1) is 0 Å². The van der Waals surface area contributed by atoms with Crippen LogP contribution in [0.25, 0.3) is 0 Å². The molecule has 3 rings (SSSR count). The zero-order chi connectivity index (χ0) is 16.2. The second-order valence-corrected chi connectivity index (χ2v) is 7.61. The van der Waals surface area contributed by atoms with E-state index in [4.69, 9.17) is 5.73 Å². The van der Waals surface area contributed by atoms with E-state index in [0.29, 0.717) is 11.8 Å². The van der Waals surface area contributed by atoms with Crippen LogP contribution in [0.1, 0.15) is 47.8 Å². The molecule has 2 atom stereocenters. The first-order chi connectivity index (χ1) is 11.2. The van der Waals surface area contributed by atoms with Crippen LogP contribution in [0.4, 0.5) is 5.69 Å². The van der Waals surface area contributed by atoms with Crippen LogP contribution in [0.2, 0.25) is 0 Å². The Balaban J connectivity index is 1.87. The zero-order valence-electron chi connectivity index (χ0n) is 13.7. The highest BCUT2D eigenvalue weighted by atomic mass is 127. The fraction of sp³-hybridized carbons (Fsp3) is 0.400. The SMILES string of the molecule is CNCC(CC1CCCc2c1ccc(N)c2I)c1ccccc1. The molecule has 0 saturated heterocycles. The molecule has 0 heterocycles. The minimum Gasteiger partial charge on any atom is -0.398 e. The molecule has 1 aliphatic rings. The van der Waals surface area contributed by atoms with Crippen LogP contribution >= 0.6 is 22.6 Å². The number of hydrogen-bond acceptors (Lipinski definition) is 2. The molecule has 0 amide bonds. The molecule has 122 valence electrons. The Kier molecular flexibility index (Phi) is 5.59. The number of nitrogens with one attached hydrogen (secondary N) is 1. The van der Waals surface area contributed by atoms with Crippen LogP contribution in [-0.4, -0.2) is 13.6 Å². The van der Waals surface area contributed by atoms with Gasteiger partial charge in [0, 0.05) is 15.8 Å². The zero-order valence-corrected chi connectivity index (χ0v) is 15.8. The van der Waals surface area contributed by atoms with Gasteiger partial charge in [-0.15, -0.1) is 0 Å². The predicted molar refractivity (Wildman–Crippen MR) is 107 cm³/mol. The molecule has 0 aromatic heterocycles. The number of anilines is 1. The third-order valence-electron chi connectivity index (χ3n) is 5.02. The lowest BCUT2D eigenvalue weighted by molar-refractivity contribution is 0.460. The first-order valence-corrected chi connectivity index (χ1v) is 9.55. The van der Waals surface area contributed by atoms with Gasteiger partial charge in [0.25, 0.3) is 0 Å². The molecule has 0 saturated carbocycles. The summed E-state index contributed by atoms with van der Waals surface area (Å²) in [5.41, 5.74) is 11.5. The van der Waals surface area contributed by atoms with Crippen LogP contribution in [-0.2, 0) is 6.42 Å². The number of hydrogen-bond donors (Lipinski definition) is 2. The number of rotatable bonds is 5. The summed E-state index contributed by atoms with van der Waals surface area (Å²) < 4.78 is 1.27. The van der Waals surface area contributed by atoms with Crippen molar-refractivity contribution in [3.8, 4) is 0 Å². The van der Waals surface area contributed by atoms with Gasteiger partial charge in [-0.2, -0.15) is 0 Å². The van der Waals surface area contributed by atoms with Crippen LogP contribution < -0.4 is 11.1 Å². The Morgan fingerprint density at radius 2 is 2.00 bits per heavy atom. The summed E-state index contributed by atoms with van der Waals surface area (Å²) in [6.07, 6.45) is 4.95. The molecular weight excluding hydrogens is 395 g/mol. The van der Waals surface area contributed by atoms with E-state index in [0.717, 1.165) is 12.2 Å². The summed E-state index contributed by atoms with van der Waals surface area (Å²) in [4.78, 5) is 0. The van der Waals surface area contributed by atoms with E-state index in [1.807, 2.05) is 7.05 Å². The molecule has 3 N–H and O–H groups in total. The number of nitrogens with two attached hydrogens (primary N) is 1. The minimum atomic E-state index is 0.562. The van der Waals surface area contributed by atoms with E-state index in [2.05, 4.69) is 70.4 Å². The van der Waals surface area contributed by atoms with Crippen molar-refractivity contribution in [3.05, 3.63) is 62.7 Å². The van der Waals surface area contributed by atoms with Crippen LogP contribution in [0, 0.1) is 3.57 Å². The molecule has 2 aromatic carbocycles. The summed E-state index contributed by atoms with van der Waals surface area (Å²) in [7, 11) is 2.05. The molecule has 0 fully saturated rings. The number of likely N-dealkylation sites (N-methyl/N-ethyl adjacent to an activating group) is 1. The lowest BCUT2D eigenvalue weighted by Crippen LogP contribution is -2.21. The number of halogens is 1. The van der Waals surface area contributed by atoms with E-state index in [1.54, 1.807) is 0 Å². The van der Waals surface area contributed by atoms with Crippen molar-refractivity contribution in [1.29, 1.82) is 0 Å². The van der Waals surface area contributed by atoms with Crippen LogP contribution in [0.3, 0.4) is 0 Å². The number of fused-ring (bicyclic) bond motifs is 1. The second kappa shape index (κ2) is 7.67. The lowest BCUT2D eigenvalue weighted by atomic mass is 9.76. The normalized spacial score (nSPS) is 18.4. The lowest BCUT2D eigenvalue weighted by Gasteiger charge is -2.30. The summed E-state index contributed by atoms with van der Waals surface area (Å²) in [5.74, 6) is 1.21. The molecule has 23 heavy (non-hydrogen) atoms. The quantitative estimate of drug-likeness (QED) is 0.544. The molecule has 3 heteroatoms. The molecule has 0 spiro atoms. The van der Waals surface area contributed by atoms with Gasteiger partial charge in [0.15, 0.2) is 0 Å². The van der Waals surface area contributed by atoms with Crippen molar-refractivity contribution < 1.29 is 0 Å². The molecule has 2 aromatic rings. The van der Waals surface area contributed by atoms with Gasteiger partial charge in [-0.05, 0) is 89.9 Å². The van der Waals surface area contributed by atoms with Gasteiger partial charge >= 0.3 is 0 Å². The van der Waals surface area contributed by atoms with E-state index in [9.17, 15) is 0 Å². The largest absolute Gasteiger partial charge is 0.398 e. The maximum atomic E-state index is 6.11. The molecule has 0 radical (unpaired) electrons. The number of benzene rings is 2. The highest BCUT2D eigenvalue weighted by Crippen LogP contribution is 2.41. The summed E-state index contributed by atoms with van der Waals surface area (Å²) in [5, 5.41) is 3.38. The average Bonchev–Trinajstić information content (AvgIpc) is 2.59. The Morgan fingerprint density at radius 3 is 2.74 bits per heavy atom. The van der Waals surface area contributed by atoms with Crippen molar-refractivity contribution in [2.24, 2.45) is 0 Å². The fourth-order valence-electron chi connectivity index (χ4n) is 3.87. The maximum absolute atomic E-state index is 6.11. The van der Waals surface area contributed by atoms with E-state index >= 15 is 0 Å². The Morgan fingerprint density at radius 1 is 1.22 bits per heavy atom. The predicted octanol–water partition coefficient (Wildman–Crippen LogP) is 4.69. The van der Waals surface area contributed by atoms with Crippen molar-refractivity contribution >= 4 is 28.3 Å². The third-order valence-corrected chi connectivity index (χ3v) is 6.29. The van der Waals surface area contributed by atoms with Gasteiger partial charge in [-0.25, -0.2) is 0 Å². The smallest absolute Gasteiger partial charge is 0.0452 e. The van der Waals surface area contributed by atoms with Gasteiger partial charge in [0.2, 0.25) is 0 Å². The molecule has 1 aliphatic carbocycles. The molecule has 2 nitrogen and oxygen atoms in total. The van der Waals surface area contributed by atoms with Crippen LogP contribution in [0.15, 0.2) is 42.5 Å². The fourth-order valence-corrected chi connectivity index (χ4v) is 4.63. The van der Waals surface area contributed by atoms with Crippen molar-refractivity contribution in [3.63, 3.8) is 0 Å². The first kappa shape index (κ1) is 16.8. The molecule has 0 bridgehead atoms.